The SMILES string of the molecule is C1=C(c2ccccc2)[Se]c2ccccc2C1c1ccccc1. The van der Waals surface area contributed by atoms with Gasteiger partial charge in [-0.1, -0.05) is 0 Å². The third kappa shape index (κ3) is 2.54. The molecule has 1 aliphatic heterocycles. The van der Waals surface area contributed by atoms with Crippen molar-refractivity contribution in [2.45, 2.75) is 5.92 Å². The van der Waals surface area contributed by atoms with E-state index in [9.17, 15) is 0 Å². The Morgan fingerprint density at radius 1 is 0.636 bits per heavy atom. The molecule has 3 aromatic carbocycles. The topological polar surface area (TPSA) is 0 Å². The summed E-state index contributed by atoms with van der Waals surface area (Å²) in [5.74, 6) is 0.364. The van der Waals surface area contributed by atoms with Crippen molar-refractivity contribution in [1.29, 1.82) is 0 Å². The first kappa shape index (κ1) is 13.6. The van der Waals surface area contributed by atoms with Crippen LogP contribution >= 0.6 is 0 Å². The molecule has 0 amide bonds. The second-order valence-corrected chi connectivity index (χ2v) is 7.70. The predicted molar refractivity (Wildman–Crippen MR) is 94.5 cm³/mol. The van der Waals surface area contributed by atoms with Gasteiger partial charge in [-0.15, -0.1) is 0 Å². The Hall–Kier alpha value is -2.08. The van der Waals surface area contributed by atoms with Crippen LogP contribution in [-0.2, 0) is 0 Å². The van der Waals surface area contributed by atoms with Crippen LogP contribution in [0.2, 0.25) is 0 Å². The summed E-state index contributed by atoms with van der Waals surface area (Å²) >= 11 is 0.378. The molecule has 1 heteroatoms. The van der Waals surface area contributed by atoms with Gasteiger partial charge < -0.3 is 0 Å². The van der Waals surface area contributed by atoms with Gasteiger partial charge in [0.15, 0.2) is 0 Å². The van der Waals surface area contributed by atoms with Crippen molar-refractivity contribution < 1.29 is 0 Å². The molecule has 22 heavy (non-hydrogen) atoms. The molecule has 0 radical (unpaired) electrons. The fourth-order valence-electron chi connectivity index (χ4n) is 2.92. The standard InChI is InChI=1S/C21H16Se/c1-3-9-16(10-4-1)19-15-21(17-11-5-2-6-12-17)22-20-14-8-7-13-18(19)20/h1-15,19H. The second-order valence-electron chi connectivity index (χ2n) is 5.43. The van der Waals surface area contributed by atoms with E-state index in [-0.39, 0.29) is 0 Å². The maximum absolute atomic E-state index is 2.47. The zero-order chi connectivity index (χ0) is 14.8. The van der Waals surface area contributed by atoms with Crippen LogP contribution in [-0.4, -0.2) is 15.0 Å². The molecule has 0 N–H and O–H groups in total. The third-order valence-corrected chi connectivity index (χ3v) is 6.49. The van der Waals surface area contributed by atoms with Crippen molar-refractivity contribution in [2.75, 3.05) is 0 Å². The predicted octanol–water partition coefficient (Wildman–Crippen LogP) is 4.20. The molecular formula is C21H16Se. The number of fused-ring (bicyclic) bond motifs is 1. The van der Waals surface area contributed by atoms with Crippen molar-refractivity contribution in [3.8, 4) is 0 Å². The molecule has 0 nitrogen and oxygen atoms in total. The number of rotatable bonds is 2. The van der Waals surface area contributed by atoms with Crippen molar-refractivity contribution in [3.05, 3.63) is 108 Å². The van der Waals surface area contributed by atoms with E-state index >= 15 is 0 Å². The van der Waals surface area contributed by atoms with Gasteiger partial charge in [0, 0.05) is 0 Å². The van der Waals surface area contributed by atoms with E-state index in [0.29, 0.717) is 20.9 Å². The van der Waals surface area contributed by atoms with E-state index in [1.807, 2.05) is 0 Å². The van der Waals surface area contributed by atoms with Gasteiger partial charge in [0.1, 0.15) is 0 Å². The first-order chi connectivity index (χ1) is 10.9. The van der Waals surface area contributed by atoms with E-state index in [0.717, 1.165) is 0 Å². The molecule has 0 aromatic heterocycles. The Morgan fingerprint density at radius 3 is 2.05 bits per heavy atom. The molecular weight excluding hydrogens is 331 g/mol. The number of hydrogen-bond donors (Lipinski definition) is 0. The average Bonchev–Trinajstić information content (AvgIpc) is 2.62. The van der Waals surface area contributed by atoms with Crippen LogP contribution in [0.15, 0.2) is 91.0 Å². The zero-order valence-electron chi connectivity index (χ0n) is 12.1. The molecule has 0 bridgehead atoms. The summed E-state index contributed by atoms with van der Waals surface area (Å²) in [6.45, 7) is 0. The van der Waals surface area contributed by atoms with E-state index in [2.05, 4.69) is 91.0 Å². The van der Waals surface area contributed by atoms with E-state index in [4.69, 9.17) is 0 Å². The molecule has 1 heterocycles. The van der Waals surface area contributed by atoms with Crippen LogP contribution in [0.25, 0.3) is 4.47 Å². The summed E-state index contributed by atoms with van der Waals surface area (Å²) in [7, 11) is 0. The Morgan fingerprint density at radius 2 is 1.27 bits per heavy atom. The second kappa shape index (κ2) is 5.96. The molecule has 0 saturated carbocycles. The Bertz CT molecular complexity index is 804. The van der Waals surface area contributed by atoms with Crippen LogP contribution < -0.4 is 4.46 Å². The van der Waals surface area contributed by atoms with Gasteiger partial charge in [-0.05, 0) is 0 Å². The van der Waals surface area contributed by atoms with Gasteiger partial charge in [0.2, 0.25) is 0 Å². The molecule has 0 aliphatic carbocycles. The first-order valence-electron chi connectivity index (χ1n) is 7.51. The van der Waals surface area contributed by atoms with Crippen molar-refractivity contribution >= 4 is 23.9 Å². The van der Waals surface area contributed by atoms with Crippen molar-refractivity contribution in [2.24, 2.45) is 0 Å². The summed E-state index contributed by atoms with van der Waals surface area (Å²) in [6, 6.07) is 30.5. The van der Waals surface area contributed by atoms with E-state index < -0.39 is 0 Å². The van der Waals surface area contributed by atoms with Crippen LogP contribution in [0.3, 0.4) is 0 Å². The molecule has 1 aliphatic rings. The van der Waals surface area contributed by atoms with Gasteiger partial charge in [-0.25, -0.2) is 0 Å². The van der Waals surface area contributed by atoms with Crippen LogP contribution in [0.5, 0.6) is 0 Å². The molecule has 4 rings (SSSR count). The van der Waals surface area contributed by atoms with Crippen LogP contribution in [0.1, 0.15) is 22.6 Å². The van der Waals surface area contributed by atoms with E-state index in [1.165, 1.54) is 25.6 Å². The third-order valence-electron chi connectivity index (χ3n) is 4.01. The van der Waals surface area contributed by atoms with Crippen molar-refractivity contribution in [3.63, 3.8) is 0 Å². The summed E-state index contributed by atoms with van der Waals surface area (Å²) < 4.78 is 2.99. The van der Waals surface area contributed by atoms with Gasteiger partial charge in [-0.3, -0.25) is 0 Å². The van der Waals surface area contributed by atoms with Gasteiger partial charge in [0.25, 0.3) is 0 Å². The maximum atomic E-state index is 2.47. The van der Waals surface area contributed by atoms with Gasteiger partial charge in [-0.2, -0.15) is 0 Å². The van der Waals surface area contributed by atoms with E-state index in [1.54, 1.807) is 0 Å². The summed E-state index contributed by atoms with van der Waals surface area (Å²) in [5, 5.41) is 0. The minimum atomic E-state index is 0.364. The monoisotopic (exact) mass is 348 g/mol. The minimum absolute atomic E-state index is 0.364. The van der Waals surface area contributed by atoms with Crippen LogP contribution in [0.4, 0.5) is 0 Å². The summed E-state index contributed by atoms with van der Waals surface area (Å²) in [6.07, 6.45) is 2.47. The zero-order valence-corrected chi connectivity index (χ0v) is 13.9. The summed E-state index contributed by atoms with van der Waals surface area (Å²) in [4.78, 5) is 0. The molecule has 1 atom stereocenters. The first-order valence-corrected chi connectivity index (χ1v) is 9.22. The Balaban J connectivity index is 1.85. The van der Waals surface area contributed by atoms with Crippen molar-refractivity contribution in [1.82, 2.24) is 0 Å². The molecule has 0 saturated heterocycles. The average molecular weight is 347 g/mol. The fourth-order valence-corrected chi connectivity index (χ4v) is 5.34. The van der Waals surface area contributed by atoms with Gasteiger partial charge in [0.05, 0.1) is 0 Å². The number of benzene rings is 3. The summed E-state index contributed by atoms with van der Waals surface area (Å²) in [5.41, 5.74) is 4.20. The molecule has 0 fully saturated rings. The number of hydrogen-bond acceptors (Lipinski definition) is 0. The Labute approximate surface area is 137 Å². The molecule has 106 valence electrons. The molecule has 3 aromatic rings. The molecule has 1 unspecified atom stereocenters. The van der Waals surface area contributed by atoms with Crippen LogP contribution in [0, 0.1) is 0 Å². The molecule has 0 spiro atoms. The quantitative estimate of drug-likeness (QED) is 0.610. The normalized spacial score (nSPS) is 16.7. The van der Waals surface area contributed by atoms with Gasteiger partial charge >= 0.3 is 138 Å². The fraction of sp³-hybridized carbons (Fsp3) is 0.0476. The Kier molecular flexibility index (Phi) is 3.68. The number of allylic oxidation sites excluding steroid dienone is 1.